The Morgan fingerprint density at radius 3 is 2.64 bits per heavy atom. The summed E-state index contributed by atoms with van der Waals surface area (Å²) in [6.07, 6.45) is 4.33. The largest absolute Gasteiger partial charge is 0.383 e. The maximum atomic E-state index is 12.8. The number of nitrogens with one attached hydrogen (secondary N) is 2. The van der Waals surface area contributed by atoms with Gasteiger partial charge in [-0.3, -0.25) is 14.5 Å². The van der Waals surface area contributed by atoms with Crippen LogP contribution in [-0.4, -0.2) is 68.8 Å². The Kier molecular flexibility index (Phi) is 7.45. The highest BCUT2D eigenvalue weighted by atomic mass is 32.1. The van der Waals surface area contributed by atoms with Crippen molar-refractivity contribution in [3.05, 3.63) is 16.0 Å². The van der Waals surface area contributed by atoms with Gasteiger partial charge in [-0.25, -0.2) is 0 Å². The Hall–Kier alpha value is -1.48. The van der Waals surface area contributed by atoms with E-state index in [2.05, 4.69) is 15.5 Å². The molecule has 1 aliphatic heterocycles. The number of methoxy groups -OCH3 is 1. The highest BCUT2D eigenvalue weighted by molar-refractivity contribution is 7.17. The van der Waals surface area contributed by atoms with Crippen molar-refractivity contribution >= 4 is 28.2 Å². The van der Waals surface area contributed by atoms with Crippen molar-refractivity contribution in [1.29, 1.82) is 0 Å². The van der Waals surface area contributed by atoms with Crippen molar-refractivity contribution in [2.24, 2.45) is 0 Å². The van der Waals surface area contributed by atoms with E-state index in [0.29, 0.717) is 30.3 Å². The molecule has 1 aromatic rings. The summed E-state index contributed by atoms with van der Waals surface area (Å²) in [5, 5.41) is 6.61. The van der Waals surface area contributed by atoms with Crippen LogP contribution in [0.3, 0.4) is 0 Å². The van der Waals surface area contributed by atoms with Crippen LogP contribution in [0.4, 0.5) is 5.00 Å². The van der Waals surface area contributed by atoms with Gasteiger partial charge in [-0.1, -0.05) is 0 Å². The van der Waals surface area contributed by atoms with E-state index in [4.69, 9.17) is 9.47 Å². The van der Waals surface area contributed by atoms with Crippen LogP contribution < -0.4 is 10.6 Å². The van der Waals surface area contributed by atoms with Gasteiger partial charge in [0, 0.05) is 31.6 Å². The molecule has 2 N–H and O–H groups in total. The lowest BCUT2D eigenvalue weighted by atomic mass is 9.95. The molecule has 1 aromatic heterocycles. The van der Waals surface area contributed by atoms with E-state index in [9.17, 15) is 9.59 Å². The molecule has 156 valence electrons. The number of ether oxygens (including phenoxy) is 2. The molecule has 2 atom stereocenters. The van der Waals surface area contributed by atoms with Gasteiger partial charge < -0.3 is 20.1 Å². The lowest BCUT2D eigenvalue weighted by molar-refractivity contribution is -0.121. The number of fused-ring (bicyclic) bond motifs is 1. The average Bonchev–Trinajstić information content (AvgIpc) is 2.98. The predicted octanol–water partition coefficient (Wildman–Crippen LogP) is 2.05. The molecular weight excluding hydrogens is 378 g/mol. The second kappa shape index (κ2) is 9.82. The zero-order chi connectivity index (χ0) is 20.1. The lowest BCUT2D eigenvalue weighted by Crippen LogP contribution is -2.48. The first-order chi connectivity index (χ1) is 13.5. The minimum absolute atomic E-state index is 0.0779. The van der Waals surface area contributed by atoms with E-state index in [0.717, 1.165) is 44.3 Å². The summed E-state index contributed by atoms with van der Waals surface area (Å²) < 4.78 is 10.8. The van der Waals surface area contributed by atoms with Gasteiger partial charge in [0.15, 0.2) is 0 Å². The maximum absolute atomic E-state index is 12.8. The molecule has 0 unspecified atom stereocenters. The number of nitrogens with zero attached hydrogens (tertiary/aromatic N) is 1. The van der Waals surface area contributed by atoms with Gasteiger partial charge in [0.25, 0.3) is 5.91 Å². The summed E-state index contributed by atoms with van der Waals surface area (Å²) in [5.74, 6) is -0.203. The van der Waals surface area contributed by atoms with Crippen LogP contribution in [0.15, 0.2) is 0 Å². The van der Waals surface area contributed by atoms with Crippen LogP contribution in [0.2, 0.25) is 0 Å². The number of carbonyl (C=O) groups excluding carboxylic acids is 2. The molecule has 1 aliphatic carbocycles. The highest BCUT2D eigenvalue weighted by Crippen LogP contribution is 2.38. The molecule has 7 nitrogen and oxygen atoms in total. The molecule has 2 amide bonds. The maximum Gasteiger partial charge on any atom is 0.254 e. The molecular formula is C20H31N3O4S. The van der Waals surface area contributed by atoms with E-state index in [1.165, 1.54) is 4.88 Å². The number of morpholine rings is 1. The Labute approximate surface area is 170 Å². The third kappa shape index (κ3) is 5.31. The second-order valence-corrected chi connectivity index (χ2v) is 8.77. The van der Waals surface area contributed by atoms with Crippen LogP contribution in [0.25, 0.3) is 0 Å². The Morgan fingerprint density at radius 1 is 1.21 bits per heavy atom. The first-order valence-electron chi connectivity index (χ1n) is 10.1. The molecule has 0 radical (unpaired) electrons. The molecule has 0 saturated carbocycles. The molecule has 2 aliphatic rings. The van der Waals surface area contributed by atoms with E-state index in [1.54, 1.807) is 18.4 Å². The second-order valence-electron chi connectivity index (χ2n) is 7.66. The highest BCUT2D eigenvalue weighted by Gasteiger charge is 2.28. The van der Waals surface area contributed by atoms with E-state index in [1.807, 2.05) is 13.8 Å². The van der Waals surface area contributed by atoms with Crippen molar-refractivity contribution in [2.45, 2.75) is 51.7 Å². The number of amides is 2. The van der Waals surface area contributed by atoms with Gasteiger partial charge in [0.1, 0.15) is 5.00 Å². The number of carbonyl (C=O) groups is 2. The summed E-state index contributed by atoms with van der Waals surface area (Å²) >= 11 is 1.55. The smallest absolute Gasteiger partial charge is 0.254 e. The van der Waals surface area contributed by atoms with Crippen molar-refractivity contribution in [3.63, 3.8) is 0 Å². The number of rotatable bonds is 7. The molecule has 3 rings (SSSR count). The van der Waals surface area contributed by atoms with Gasteiger partial charge in [0.05, 0.1) is 30.9 Å². The quantitative estimate of drug-likeness (QED) is 0.674. The average molecular weight is 410 g/mol. The zero-order valence-electron chi connectivity index (χ0n) is 17.0. The van der Waals surface area contributed by atoms with Crippen LogP contribution >= 0.6 is 11.3 Å². The lowest BCUT2D eigenvalue weighted by Gasteiger charge is -2.34. The van der Waals surface area contributed by atoms with E-state index in [-0.39, 0.29) is 24.0 Å². The number of hydrogen-bond acceptors (Lipinski definition) is 6. The number of aryl methyl sites for hydroxylation is 1. The molecule has 28 heavy (non-hydrogen) atoms. The minimum Gasteiger partial charge on any atom is -0.383 e. The van der Waals surface area contributed by atoms with Crippen LogP contribution in [0, 0.1) is 0 Å². The standard InChI is InChI=1S/C20H31N3O4S/c1-13-10-23(11-14(2)27-13)12-17(24)22-20-18(19(25)21-8-9-26-3)15-6-4-5-7-16(15)28-20/h13-14H,4-12H2,1-3H3,(H,21,25)(H,22,24)/t13-,14+. The number of thiophene rings is 1. The van der Waals surface area contributed by atoms with E-state index >= 15 is 0 Å². The van der Waals surface area contributed by atoms with Crippen molar-refractivity contribution in [1.82, 2.24) is 10.2 Å². The van der Waals surface area contributed by atoms with Crippen molar-refractivity contribution < 1.29 is 19.1 Å². The summed E-state index contributed by atoms with van der Waals surface area (Å²) in [6, 6.07) is 0. The van der Waals surface area contributed by atoms with Crippen LogP contribution in [-0.2, 0) is 27.1 Å². The Morgan fingerprint density at radius 2 is 1.93 bits per heavy atom. The van der Waals surface area contributed by atoms with Gasteiger partial charge in [-0.15, -0.1) is 11.3 Å². The number of hydrogen-bond donors (Lipinski definition) is 2. The molecule has 0 bridgehead atoms. The topological polar surface area (TPSA) is 79.9 Å². The minimum atomic E-state index is -0.125. The summed E-state index contributed by atoms with van der Waals surface area (Å²) in [6.45, 7) is 6.76. The Bertz CT molecular complexity index is 696. The van der Waals surface area contributed by atoms with Crippen LogP contribution in [0.5, 0.6) is 0 Å². The summed E-state index contributed by atoms with van der Waals surface area (Å²) in [4.78, 5) is 28.8. The predicted molar refractivity (Wildman–Crippen MR) is 110 cm³/mol. The Balaban J connectivity index is 1.70. The summed E-state index contributed by atoms with van der Waals surface area (Å²) in [5.41, 5.74) is 1.75. The zero-order valence-corrected chi connectivity index (χ0v) is 17.8. The van der Waals surface area contributed by atoms with Crippen molar-refractivity contribution in [2.75, 3.05) is 45.2 Å². The fourth-order valence-electron chi connectivity index (χ4n) is 4.03. The molecule has 0 aromatic carbocycles. The van der Waals surface area contributed by atoms with Gasteiger partial charge in [0.2, 0.25) is 5.91 Å². The molecule has 1 saturated heterocycles. The number of anilines is 1. The van der Waals surface area contributed by atoms with E-state index < -0.39 is 0 Å². The molecule has 1 fully saturated rings. The monoisotopic (exact) mass is 409 g/mol. The molecule has 0 spiro atoms. The third-order valence-electron chi connectivity index (χ3n) is 5.11. The fourth-order valence-corrected chi connectivity index (χ4v) is 5.33. The van der Waals surface area contributed by atoms with Gasteiger partial charge >= 0.3 is 0 Å². The first kappa shape index (κ1) is 21.2. The third-order valence-corrected chi connectivity index (χ3v) is 6.31. The normalized spacial score (nSPS) is 22.5. The SMILES string of the molecule is COCCNC(=O)c1c(NC(=O)CN2C[C@@H](C)O[C@@H](C)C2)sc2c1CCCC2. The van der Waals surface area contributed by atoms with Crippen molar-refractivity contribution in [3.8, 4) is 0 Å². The first-order valence-corrected chi connectivity index (χ1v) is 10.9. The van der Waals surface area contributed by atoms with Gasteiger partial charge in [-0.05, 0) is 45.1 Å². The molecule has 2 heterocycles. The molecule has 8 heteroatoms. The van der Waals surface area contributed by atoms with Gasteiger partial charge in [-0.2, -0.15) is 0 Å². The summed E-state index contributed by atoms with van der Waals surface area (Å²) in [7, 11) is 1.61. The van der Waals surface area contributed by atoms with Crippen LogP contribution in [0.1, 0.15) is 47.5 Å². The fraction of sp³-hybridized carbons (Fsp3) is 0.700.